The fraction of sp³-hybridized carbons (Fsp3) is 0.147. The Morgan fingerprint density at radius 3 is 2.31 bits per heavy atom. The van der Waals surface area contributed by atoms with Crippen LogP contribution >= 0.6 is 11.6 Å². The standard InChI is InChI=1S/C34H31ClN4O3/c1-23-13-16-27(19-24(23)2)39-21-31(26-14-17-28(42-3)18-15-26)36-34(39)37-32(40)22-38(20-25-9-5-4-6-10-25)33(41)29-11-7-8-12-30(29)35/h4-19,21H,20,22H2,1-3H3,(H,36,37,40). The van der Waals surface area contributed by atoms with E-state index in [2.05, 4.69) is 12.2 Å². The average molecular weight is 579 g/mol. The van der Waals surface area contributed by atoms with Gasteiger partial charge in [0.05, 0.1) is 23.4 Å². The number of nitrogens with zero attached hydrogens (tertiary/aromatic N) is 3. The summed E-state index contributed by atoms with van der Waals surface area (Å²) in [6, 6.07) is 30.0. The van der Waals surface area contributed by atoms with Gasteiger partial charge in [0.1, 0.15) is 12.3 Å². The SMILES string of the molecule is COc1ccc(-c2cn(-c3ccc(C)c(C)c3)c(NC(=O)CN(Cc3ccccc3)C(=O)c3ccccc3Cl)n2)cc1. The fourth-order valence-electron chi connectivity index (χ4n) is 4.59. The molecule has 8 heteroatoms. The van der Waals surface area contributed by atoms with Crippen molar-refractivity contribution in [3.63, 3.8) is 0 Å². The number of amides is 2. The molecule has 0 bridgehead atoms. The number of aromatic nitrogens is 2. The number of nitrogens with one attached hydrogen (secondary N) is 1. The highest BCUT2D eigenvalue weighted by molar-refractivity contribution is 6.33. The second-order valence-electron chi connectivity index (χ2n) is 9.99. The van der Waals surface area contributed by atoms with E-state index in [1.54, 1.807) is 31.4 Å². The number of aryl methyl sites for hydroxylation is 2. The lowest BCUT2D eigenvalue weighted by Gasteiger charge is -2.23. The van der Waals surface area contributed by atoms with Crippen LogP contribution in [0.15, 0.2) is 103 Å². The molecule has 0 aliphatic heterocycles. The molecule has 5 aromatic rings. The van der Waals surface area contributed by atoms with E-state index < -0.39 is 0 Å². The number of halogens is 1. The van der Waals surface area contributed by atoms with Crippen molar-refractivity contribution in [2.45, 2.75) is 20.4 Å². The maximum Gasteiger partial charge on any atom is 0.256 e. The molecule has 1 N–H and O–H groups in total. The van der Waals surface area contributed by atoms with E-state index in [0.717, 1.165) is 33.7 Å². The molecule has 0 aliphatic rings. The van der Waals surface area contributed by atoms with E-state index in [4.69, 9.17) is 21.3 Å². The number of ether oxygens (including phenoxy) is 1. The second kappa shape index (κ2) is 12.7. The van der Waals surface area contributed by atoms with Gasteiger partial charge in [-0.3, -0.25) is 19.5 Å². The summed E-state index contributed by atoms with van der Waals surface area (Å²) in [7, 11) is 1.62. The van der Waals surface area contributed by atoms with Crippen molar-refractivity contribution in [2.24, 2.45) is 0 Å². The molecule has 0 saturated carbocycles. The highest BCUT2D eigenvalue weighted by atomic mass is 35.5. The molecule has 212 valence electrons. The number of hydrogen-bond donors (Lipinski definition) is 1. The lowest BCUT2D eigenvalue weighted by Crippen LogP contribution is -2.38. The number of benzene rings is 4. The van der Waals surface area contributed by atoms with Crippen molar-refractivity contribution in [3.05, 3.63) is 131 Å². The van der Waals surface area contributed by atoms with Crippen LogP contribution < -0.4 is 10.1 Å². The Labute approximate surface area is 250 Å². The molecule has 7 nitrogen and oxygen atoms in total. The summed E-state index contributed by atoms with van der Waals surface area (Å²) < 4.78 is 7.14. The van der Waals surface area contributed by atoms with Crippen LogP contribution in [0, 0.1) is 13.8 Å². The lowest BCUT2D eigenvalue weighted by atomic mass is 10.1. The minimum atomic E-state index is -0.386. The largest absolute Gasteiger partial charge is 0.497 e. The van der Waals surface area contributed by atoms with E-state index in [0.29, 0.717) is 22.2 Å². The van der Waals surface area contributed by atoms with E-state index in [1.807, 2.05) is 90.5 Å². The predicted octanol–water partition coefficient (Wildman–Crippen LogP) is 7.10. The van der Waals surface area contributed by atoms with Gasteiger partial charge in [0.2, 0.25) is 11.9 Å². The van der Waals surface area contributed by atoms with Gasteiger partial charge in [-0.25, -0.2) is 4.98 Å². The molecule has 0 unspecified atom stereocenters. The normalized spacial score (nSPS) is 10.8. The lowest BCUT2D eigenvalue weighted by molar-refractivity contribution is -0.117. The van der Waals surface area contributed by atoms with Crippen molar-refractivity contribution in [1.29, 1.82) is 0 Å². The molecule has 2 amide bonds. The molecule has 0 aliphatic carbocycles. The Bertz CT molecular complexity index is 1720. The maximum atomic E-state index is 13.6. The predicted molar refractivity (Wildman–Crippen MR) is 166 cm³/mol. The number of methoxy groups -OCH3 is 1. The van der Waals surface area contributed by atoms with Gasteiger partial charge in [0.15, 0.2) is 0 Å². The Morgan fingerprint density at radius 2 is 1.62 bits per heavy atom. The number of anilines is 1. The summed E-state index contributed by atoms with van der Waals surface area (Å²) in [6.07, 6.45) is 1.89. The van der Waals surface area contributed by atoms with Crippen molar-refractivity contribution < 1.29 is 14.3 Å². The second-order valence-corrected chi connectivity index (χ2v) is 10.4. The Kier molecular flexibility index (Phi) is 8.69. The summed E-state index contributed by atoms with van der Waals surface area (Å²) in [6.45, 7) is 4.13. The smallest absolute Gasteiger partial charge is 0.256 e. The van der Waals surface area contributed by atoms with Gasteiger partial charge in [0.25, 0.3) is 5.91 Å². The monoisotopic (exact) mass is 578 g/mol. The molecule has 5 rings (SSSR count). The molecular weight excluding hydrogens is 548 g/mol. The van der Waals surface area contributed by atoms with Gasteiger partial charge in [-0.15, -0.1) is 0 Å². The van der Waals surface area contributed by atoms with Crippen LogP contribution in [-0.4, -0.2) is 39.9 Å². The van der Waals surface area contributed by atoms with Gasteiger partial charge in [-0.05, 0) is 79.1 Å². The molecule has 0 radical (unpaired) electrons. The van der Waals surface area contributed by atoms with Gasteiger partial charge in [-0.1, -0.05) is 60.1 Å². The number of carbonyl (C=O) groups excluding carboxylic acids is 2. The molecule has 0 fully saturated rings. The molecule has 0 saturated heterocycles. The molecular formula is C34H31ClN4O3. The summed E-state index contributed by atoms with van der Waals surface area (Å²) >= 11 is 6.36. The zero-order chi connectivity index (χ0) is 29.6. The third-order valence-corrected chi connectivity index (χ3v) is 7.38. The first kappa shape index (κ1) is 28.6. The average Bonchev–Trinajstić information content (AvgIpc) is 3.42. The highest BCUT2D eigenvalue weighted by Gasteiger charge is 2.23. The quantitative estimate of drug-likeness (QED) is 0.202. The topological polar surface area (TPSA) is 76.5 Å². The third kappa shape index (κ3) is 6.53. The minimum Gasteiger partial charge on any atom is -0.497 e. The Morgan fingerprint density at radius 1 is 0.905 bits per heavy atom. The number of carbonyl (C=O) groups is 2. The maximum absolute atomic E-state index is 13.6. The molecule has 4 aromatic carbocycles. The Hall–Kier alpha value is -4.88. The van der Waals surface area contributed by atoms with Crippen LogP contribution in [0.1, 0.15) is 27.0 Å². The summed E-state index contributed by atoms with van der Waals surface area (Å²) in [5.74, 6) is 0.362. The minimum absolute atomic E-state index is 0.198. The van der Waals surface area contributed by atoms with Crippen LogP contribution in [0.2, 0.25) is 5.02 Å². The van der Waals surface area contributed by atoms with Crippen LogP contribution in [0.3, 0.4) is 0 Å². The van der Waals surface area contributed by atoms with Gasteiger partial charge in [0, 0.05) is 24.0 Å². The van der Waals surface area contributed by atoms with E-state index in [-0.39, 0.29) is 24.9 Å². The van der Waals surface area contributed by atoms with Crippen LogP contribution in [-0.2, 0) is 11.3 Å². The van der Waals surface area contributed by atoms with E-state index >= 15 is 0 Å². The zero-order valence-corrected chi connectivity index (χ0v) is 24.4. The van der Waals surface area contributed by atoms with Gasteiger partial charge >= 0.3 is 0 Å². The molecule has 1 heterocycles. The summed E-state index contributed by atoms with van der Waals surface area (Å²) in [4.78, 5) is 33.4. The highest BCUT2D eigenvalue weighted by Crippen LogP contribution is 2.27. The first-order chi connectivity index (χ1) is 20.3. The van der Waals surface area contributed by atoms with Crippen LogP contribution in [0.25, 0.3) is 16.9 Å². The number of hydrogen-bond acceptors (Lipinski definition) is 4. The van der Waals surface area contributed by atoms with Crippen molar-refractivity contribution in [1.82, 2.24) is 14.5 Å². The molecule has 1 aromatic heterocycles. The van der Waals surface area contributed by atoms with Gasteiger partial charge < -0.3 is 9.64 Å². The first-order valence-electron chi connectivity index (χ1n) is 13.5. The zero-order valence-electron chi connectivity index (χ0n) is 23.7. The van der Waals surface area contributed by atoms with Gasteiger partial charge in [-0.2, -0.15) is 0 Å². The molecule has 0 atom stereocenters. The Balaban J connectivity index is 1.46. The molecule has 0 spiro atoms. The number of rotatable bonds is 9. The summed E-state index contributed by atoms with van der Waals surface area (Å²) in [5.41, 5.74) is 5.91. The van der Waals surface area contributed by atoms with E-state index in [1.165, 1.54) is 4.90 Å². The van der Waals surface area contributed by atoms with Crippen LogP contribution in [0.4, 0.5) is 5.95 Å². The van der Waals surface area contributed by atoms with Crippen molar-refractivity contribution in [3.8, 4) is 22.7 Å². The fourth-order valence-corrected chi connectivity index (χ4v) is 4.80. The first-order valence-corrected chi connectivity index (χ1v) is 13.9. The van der Waals surface area contributed by atoms with Crippen LogP contribution in [0.5, 0.6) is 5.75 Å². The summed E-state index contributed by atoms with van der Waals surface area (Å²) in [5, 5.41) is 3.28. The van der Waals surface area contributed by atoms with Crippen molar-refractivity contribution >= 4 is 29.4 Å². The van der Waals surface area contributed by atoms with E-state index in [9.17, 15) is 9.59 Å². The third-order valence-electron chi connectivity index (χ3n) is 7.05. The number of imidazole rings is 1. The van der Waals surface area contributed by atoms with Crippen molar-refractivity contribution in [2.75, 3.05) is 19.0 Å². The molecule has 42 heavy (non-hydrogen) atoms.